The molecule has 8 heteroatoms. The van der Waals surface area contributed by atoms with E-state index in [-0.39, 0.29) is 23.3 Å². The van der Waals surface area contributed by atoms with E-state index in [0.717, 1.165) is 36.3 Å². The van der Waals surface area contributed by atoms with Crippen molar-refractivity contribution in [2.24, 2.45) is 5.92 Å². The van der Waals surface area contributed by atoms with Crippen LogP contribution in [0.4, 0.5) is 5.69 Å². The van der Waals surface area contributed by atoms with Crippen LogP contribution in [0.15, 0.2) is 48.5 Å². The molecule has 2 aromatic rings. The lowest BCUT2D eigenvalue weighted by Gasteiger charge is -2.49. The summed E-state index contributed by atoms with van der Waals surface area (Å²) in [5, 5.41) is 2.97. The molecule has 0 aliphatic carbocycles. The van der Waals surface area contributed by atoms with E-state index >= 15 is 0 Å². The number of piperidine rings is 1. The van der Waals surface area contributed by atoms with Crippen molar-refractivity contribution in [1.82, 2.24) is 15.1 Å². The minimum atomic E-state index is -0.604. The van der Waals surface area contributed by atoms with Gasteiger partial charge in [-0.1, -0.05) is 37.6 Å². The SMILES string of the molecule is COc1cccc(N(CN(C)C=O)C2(C)CCN(C(=O)C(NC(=O)c3cccc(C)c3)C(C)C)CC2)c1. The summed E-state index contributed by atoms with van der Waals surface area (Å²) in [6, 6.07) is 14.6. The first-order chi connectivity index (χ1) is 17.6. The molecular weight excluding hydrogens is 468 g/mol. The molecule has 200 valence electrons. The summed E-state index contributed by atoms with van der Waals surface area (Å²) in [7, 11) is 3.39. The van der Waals surface area contributed by atoms with E-state index in [1.165, 1.54) is 0 Å². The van der Waals surface area contributed by atoms with Crippen LogP contribution in [-0.2, 0) is 9.59 Å². The molecular formula is C29H40N4O4. The highest BCUT2D eigenvalue weighted by molar-refractivity contribution is 5.97. The van der Waals surface area contributed by atoms with Gasteiger partial charge in [0.2, 0.25) is 12.3 Å². The second-order valence-electron chi connectivity index (χ2n) is 10.5. The third-order valence-electron chi connectivity index (χ3n) is 7.21. The number of benzene rings is 2. The number of aryl methyl sites for hydroxylation is 1. The van der Waals surface area contributed by atoms with Gasteiger partial charge in [0.05, 0.1) is 13.8 Å². The molecule has 3 amide bonds. The van der Waals surface area contributed by atoms with Crippen LogP contribution in [-0.4, -0.2) is 73.5 Å². The van der Waals surface area contributed by atoms with Gasteiger partial charge < -0.3 is 24.8 Å². The summed E-state index contributed by atoms with van der Waals surface area (Å²) >= 11 is 0. The van der Waals surface area contributed by atoms with Gasteiger partial charge in [-0.3, -0.25) is 14.4 Å². The highest BCUT2D eigenvalue weighted by Crippen LogP contribution is 2.35. The number of nitrogens with one attached hydrogen (secondary N) is 1. The third-order valence-corrected chi connectivity index (χ3v) is 7.21. The van der Waals surface area contributed by atoms with Crippen LogP contribution in [0.1, 0.15) is 49.5 Å². The summed E-state index contributed by atoms with van der Waals surface area (Å²) in [6.07, 6.45) is 2.26. The van der Waals surface area contributed by atoms with Crippen LogP contribution in [0.25, 0.3) is 0 Å². The number of hydrogen-bond acceptors (Lipinski definition) is 5. The molecule has 1 aliphatic heterocycles. The van der Waals surface area contributed by atoms with Gasteiger partial charge in [0.25, 0.3) is 5.91 Å². The number of methoxy groups -OCH3 is 1. The van der Waals surface area contributed by atoms with Gasteiger partial charge in [0.1, 0.15) is 11.8 Å². The zero-order valence-corrected chi connectivity index (χ0v) is 22.9. The van der Waals surface area contributed by atoms with Gasteiger partial charge in [-0.15, -0.1) is 0 Å². The summed E-state index contributed by atoms with van der Waals surface area (Å²) < 4.78 is 5.43. The van der Waals surface area contributed by atoms with Crippen LogP contribution >= 0.6 is 0 Å². The minimum Gasteiger partial charge on any atom is -0.497 e. The van der Waals surface area contributed by atoms with E-state index in [4.69, 9.17) is 4.74 Å². The number of nitrogens with zero attached hydrogens (tertiary/aromatic N) is 3. The van der Waals surface area contributed by atoms with Gasteiger partial charge in [-0.2, -0.15) is 0 Å². The summed E-state index contributed by atoms with van der Waals surface area (Å²) in [5.41, 5.74) is 2.23. The highest BCUT2D eigenvalue weighted by atomic mass is 16.5. The van der Waals surface area contributed by atoms with Gasteiger partial charge in [0.15, 0.2) is 0 Å². The van der Waals surface area contributed by atoms with Crippen LogP contribution in [0.2, 0.25) is 0 Å². The molecule has 0 saturated carbocycles. The first-order valence-corrected chi connectivity index (χ1v) is 12.8. The molecule has 1 heterocycles. The molecule has 1 saturated heterocycles. The Morgan fingerprint density at radius 1 is 1.14 bits per heavy atom. The normalized spacial score (nSPS) is 15.6. The van der Waals surface area contributed by atoms with Gasteiger partial charge in [-0.05, 0) is 56.9 Å². The number of rotatable bonds is 10. The van der Waals surface area contributed by atoms with Crippen LogP contribution < -0.4 is 15.0 Å². The van der Waals surface area contributed by atoms with E-state index in [2.05, 4.69) is 17.1 Å². The quantitative estimate of drug-likeness (QED) is 0.391. The topological polar surface area (TPSA) is 82.2 Å². The van der Waals surface area contributed by atoms with Crippen LogP contribution in [0, 0.1) is 12.8 Å². The van der Waals surface area contributed by atoms with E-state index in [0.29, 0.717) is 25.3 Å². The molecule has 1 atom stereocenters. The highest BCUT2D eigenvalue weighted by Gasteiger charge is 2.39. The molecule has 8 nitrogen and oxygen atoms in total. The number of ether oxygens (including phenoxy) is 1. The fraction of sp³-hybridized carbons (Fsp3) is 0.483. The monoisotopic (exact) mass is 508 g/mol. The van der Waals surface area contributed by atoms with Crippen LogP contribution in [0.3, 0.4) is 0 Å². The number of carbonyl (C=O) groups is 3. The Bertz CT molecular complexity index is 1090. The van der Waals surface area contributed by atoms with E-state index in [9.17, 15) is 14.4 Å². The zero-order valence-electron chi connectivity index (χ0n) is 22.9. The maximum atomic E-state index is 13.6. The molecule has 0 radical (unpaired) electrons. The Balaban J connectivity index is 1.74. The Labute approximate surface area is 220 Å². The predicted octanol–water partition coefficient (Wildman–Crippen LogP) is 3.69. The number of carbonyl (C=O) groups excluding carboxylic acids is 3. The summed E-state index contributed by atoms with van der Waals surface area (Å²) in [6.45, 7) is 9.55. The number of likely N-dealkylation sites (tertiary alicyclic amines) is 1. The molecule has 1 N–H and O–H groups in total. The fourth-order valence-corrected chi connectivity index (χ4v) is 4.80. The van der Waals surface area contributed by atoms with Crippen molar-refractivity contribution in [3.63, 3.8) is 0 Å². The second kappa shape index (κ2) is 12.1. The smallest absolute Gasteiger partial charge is 0.251 e. The van der Waals surface area contributed by atoms with E-state index in [1.54, 1.807) is 25.1 Å². The molecule has 0 bridgehead atoms. The summed E-state index contributed by atoms with van der Waals surface area (Å²) in [4.78, 5) is 43.6. The van der Waals surface area contributed by atoms with Crippen molar-refractivity contribution in [3.05, 3.63) is 59.7 Å². The molecule has 2 aromatic carbocycles. The van der Waals surface area contributed by atoms with E-state index < -0.39 is 6.04 Å². The molecule has 0 spiro atoms. The van der Waals surface area contributed by atoms with Gasteiger partial charge in [-0.25, -0.2) is 0 Å². The average Bonchev–Trinajstić information content (AvgIpc) is 2.89. The van der Waals surface area contributed by atoms with Crippen molar-refractivity contribution in [2.45, 2.75) is 52.1 Å². The molecule has 3 rings (SSSR count). The van der Waals surface area contributed by atoms with Gasteiger partial charge in [0, 0.05) is 43.0 Å². The number of hydrogen-bond donors (Lipinski definition) is 1. The lowest BCUT2D eigenvalue weighted by atomic mass is 9.86. The third kappa shape index (κ3) is 6.81. The van der Waals surface area contributed by atoms with Crippen molar-refractivity contribution < 1.29 is 19.1 Å². The van der Waals surface area contributed by atoms with Crippen molar-refractivity contribution in [2.75, 3.05) is 38.8 Å². The van der Waals surface area contributed by atoms with Crippen molar-refractivity contribution in [3.8, 4) is 5.75 Å². The maximum Gasteiger partial charge on any atom is 0.251 e. The fourth-order valence-electron chi connectivity index (χ4n) is 4.80. The molecule has 37 heavy (non-hydrogen) atoms. The molecule has 1 fully saturated rings. The molecule has 0 aromatic heterocycles. The Morgan fingerprint density at radius 2 is 1.81 bits per heavy atom. The Hall–Kier alpha value is -3.55. The molecule has 1 aliphatic rings. The van der Waals surface area contributed by atoms with Crippen molar-refractivity contribution in [1.29, 1.82) is 0 Å². The van der Waals surface area contributed by atoms with Crippen molar-refractivity contribution >= 4 is 23.9 Å². The maximum absolute atomic E-state index is 13.6. The number of amides is 3. The zero-order chi connectivity index (χ0) is 27.2. The lowest BCUT2D eigenvalue weighted by Crippen LogP contribution is -2.59. The average molecular weight is 509 g/mol. The van der Waals surface area contributed by atoms with E-state index in [1.807, 2.05) is 68.1 Å². The standard InChI is InChI=1S/C29H40N4O4/c1-21(2)26(30-27(35)23-10-7-9-22(3)17-23)28(36)32-15-13-29(4,14-16-32)33(19-31(5)20-34)24-11-8-12-25(18-24)37-6/h7-12,17-18,20-21,26H,13-16,19H2,1-6H3,(H,30,35). The Morgan fingerprint density at radius 3 is 2.41 bits per heavy atom. The largest absolute Gasteiger partial charge is 0.497 e. The Kier molecular flexibility index (Phi) is 9.18. The van der Waals surface area contributed by atoms with Gasteiger partial charge >= 0.3 is 0 Å². The van der Waals surface area contributed by atoms with Crippen LogP contribution in [0.5, 0.6) is 5.75 Å². The lowest BCUT2D eigenvalue weighted by molar-refractivity contribution is -0.135. The first kappa shape index (κ1) is 28.0. The second-order valence-corrected chi connectivity index (χ2v) is 10.5. The predicted molar refractivity (Wildman–Crippen MR) is 146 cm³/mol. The number of anilines is 1. The first-order valence-electron chi connectivity index (χ1n) is 12.8. The minimum absolute atomic E-state index is 0.0518. The molecule has 1 unspecified atom stereocenters. The summed E-state index contributed by atoms with van der Waals surface area (Å²) in [5.74, 6) is 0.398.